The maximum absolute atomic E-state index is 15.2. The first-order valence-electron chi connectivity index (χ1n) is 11.5. The minimum absolute atomic E-state index is 0.0119. The molecule has 4 aromatic rings. The van der Waals surface area contributed by atoms with Crippen molar-refractivity contribution in [2.45, 2.75) is 18.9 Å². The van der Waals surface area contributed by atoms with Gasteiger partial charge in [0.25, 0.3) is 0 Å². The van der Waals surface area contributed by atoms with Gasteiger partial charge in [0.1, 0.15) is 23.5 Å². The molecule has 10 heteroatoms. The summed E-state index contributed by atoms with van der Waals surface area (Å²) in [6.07, 6.45) is -0.0452. The van der Waals surface area contributed by atoms with E-state index in [2.05, 4.69) is 15.3 Å². The van der Waals surface area contributed by atoms with Crippen LogP contribution in [-0.2, 0) is 0 Å². The standard InChI is InChI=1S/C27H20F3N5O2/c28-21-4-2-1-3-18(21)19-12-20-24(13-23(19)30)33-26(35-9-7-17(8-10-35)32-27(36)37)34-25(20)15-5-6-16(14-31)22(29)11-15/h1-6,11-13,17,32H,7-10H2,(H,36,37). The number of benzene rings is 3. The Labute approximate surface area is 209 Å². The number of piperidine rings is 1. The summed E-state index contributed by atoms with van der Waals surface area (Å²) in [7, 11) is 0. The number of hydrogen-bond acceptors (Lipinski definition) is 5. The molecule has 0 unspecified atom stereocenters. The Morgan fingerprint density at radius 1 is 0.973 bits per heavy atom. The van der Waals surface area contributed by atoms with Crippen molar-refractivity contribution in [3.63, 3.8) is 0 Å². The molecule has 1 aliphatic heterocycles. The maximum Gasteiger partial charge on any atom is 0.404 e. The molecule has 186 valence electrons. The van der Waals surface area contributed by atoms with Crippen LogP contribution in [0.2, 0.25) is 0 Å². The highest BCUT2D eigenvalue weighted by Gasteiger charge is 2.24. The number of amides is 1. The van der Waals surface area contributed by atoms with Crippen LogP contribution in [0.25, 0.3) is 33.3 Å². The van der Waals surface area contributed by atoms with Crippen molar-refractivity contribution in [3.05, 3.63) is 77.6 Å². The fourth-order valence-corrected chi connectivity index (χ4v) is 4.54. The number of fused-ring (bicyclic) bond motifs is 1. The summed E-state index contributed by atoms with van der Waals surface area (Å²) < 4.78 is 44.3. The topological polar surface area (TPSA) is 102 Å². The number of aromatic nitrogens is 2. The molecular formula is C27H20F3N5O2. The van der Waals surface area contributed by atoms with E-state index < -0.39 is 23.5 Å². The third-order valence-corrected chi connectivity index (χ3v) is 6.41. The van der Waals surface area contributed by atoms with Gasteiger partial charge in [0.15, 0.2) is 0 Å². The van der Waals surface area contributed by atoms with Crippen LogP contribution in [0.5, 0.6) is 0 Å². The Hall–Kier alpha value is -4.65. The number of nitrogens with zero attached hydrogens (tertiary/aromatic N) is 4. The molecule has 1 aromatic heterocycles. The van der Waals surface area contributed by atoms with Gasteiger partial charge < -0.3 is 15.3 Å². The minimum atomic E-state index is -1.09. The average molecular weight is 503 g/mol. The first-order valence-corrected chi connectivity index (χ1v) is 11.5. The van der Waals surface area contributed by atoms with Gasteiger partial charge in [-0.15, -0.1) is 0 Å². The van der Waals surface area contributed by atoms with Crippen LogP contribution in [0, 0.1) is 28.8 Å². The van der Waals surface area contributed by atoms with E-state index in [0.29, 0.717) is 42.6 Å². The fourth-order valence-electron chi connectivity index (χ4n) is 4.54. The van der Waals surface area contributed by atoms with Gasteiger partial charge in [-0.1, -0.05) is 24.3 Å². The molecule has 0 bridgehead atoms. The van der Waals surface area contributed by atoms with Crippen molar-refractivity contribution >= 4 is 22.9 Å². The van der Waals surface area contributed by atoms with Crippen LogP contribution in [0.3, 0.4) is 0 Å². The van der Waals surface area contributed by atoms with Gasteiger partial charge >= 0.3 is 6.09 Å². The smallest absolute Gasteiger partial charge is 0.404 e. The molecule has 0 saturated carbocycles. The van der Waals surface area contributed by atoms with Gasteiger partial charge in [-0.25, -0.2) is 27.9 Å². The number of carbonyl (C=O) groups is 1. The van der Waals surface area contributed by atoms with Gasteiger partial charge in [-0.05, 0) is 37.1 Å². The summed E-state index contributed by atoms with van der Waals surface area (Å²) in [5.41, 5.74) is 0.834. The van der Waals surface area contributed by atoms with E-state index in [1.165, 1.54) is 42.5 Å². The molecule has 2 heterocycles. The summed E-state index contributed by atoms with van der Waals surface area (Å²) >= 11 is 0. The number of nitriles is 1. The lowest BCUT2D eigenvalue weighted by molar-refractivity contribution is 0.187. The molecular weight excluding hydrogens is 483 g/mol. The number of hydrogen-bond donors (Lipinski definition) is 2. The van der Waals surface area contributed by atoms with Gasteiger partial charge in [0, 0.05) is 47.3 Å². The van der Waals surface area contributed by atoms with Gasteiger partial charge in [0.05, 0.1) is 16.8 Å². The fraction of sp³-hybridized carbons (Fsp3) is 0.185. The van der Waals surface area contributed by atoms with E-state index >= 15 is 4.39 Å². The Bertz CT molecular complexity index is 1560. The van der Waals surface area contributed by atoms with Crippen LogP contribution in [0.1, 0.15) is 18.4 Å². The summed E-state index contributed by atoms with van der Waals surface area (Å²) in [6.45, 7) is 0.904. The van der Waals surface area contributed by atoms with Crippen LogP contribution in [-0.4, -0.2) is 40.3 Å². The second kappa shape index (κ2) is 9.78. The predicted octanol–water partition coefficient (Wildman–Crippen LogP) is 5.49. The molecule has 37 heavy (non-hydrogen) atoms. The summed E-state index contributed by atoms with van der Waals surface area (Å²) in [6, 6.07) is 14.1. The molecule has 1 aliphatic rings. The van der Waals surface area contributed by atoms with E-state index in [1.807, 2.05) is 4.90 Å². The Kier molecular flexibility index (Phi) is 6.36. The molecule has 0 atom stereocenters. The number of halogens is 3. The van der Waals surface area contributed by atoms with Crippen molar-refractivity contribution in [1.82, 2.24) is 15.3 Å². The second-order valence-electron chi connectivity index (χ2n) is 8.72. The maximum atomic E-state index is 15.2. The van der Waals surface area contributed by atoms with Crippen molar-refractivity contribution in [1.29, 1.82) is 5.26 Å². The zero-order valence-corrected chi connectivity index (χ0v) is 19.4. The molecule has 1 amide bonds. The lowest BCUT2D eigenvalue weighted by atomic mass is 9.98. The largest absolute Gasteiger partial charge is 0.465 e. The molecule has 0 aliphatic carbocycles. The van der Waals surface area contributed by atoms with Gasteiger partial charge in [-0.2, -0.15) is 5.26 Å². The molecule has 0 radical (unpaired) electrons. The number of anilines is 1. The van der Waals surface area contributed by atoms with Crippen molar-refractivity contribution < 1.29 is 23.1 Å². The lowest BCUT2D eigenvalue weighted by Crippen LogP contribution is -2.44. The van der Waals surface area contributed by atoms with E-state index in [0.717, 1.165) is 0 Å². The molecule has 2 N–H and O–H groups in total. The van der Waals surface area contributed by atoms with E-state index in [9.17, 15) is 13.6 Å². The highest BCUT2D eigenvalue weighted by molar-refractivity contribution is 5.96. The highest BCUT2D eigenvalue weighted by Crippen LogP contribution is 2.35. The van der Waals surface area contributed by atoms with Gasteiger partial charge in [-0.3, -0.25) is 0 Å². The van der Waals surface area contributed by atoms with Crippen LogP contribution < -0.4 is 10.2 Å². The highest BCUT2D eigenvalue weighted by atomic mass is 19.1. The Morgan fingerprint density at radius 3 is 2.41 bits per heavy atom. The monoisotopic (exact) mass is 503 g/mol. The van der Waals surface area contributed by atoms with Crippen LogP contribution in [0.4, 0.5) is 23.9 Å². The van der Waals surface area contributed by atoms with Crippen molar-refractivity contribution in [3.8, 4) is 28.5 Å². The SMILES string of the molecule is N#Cc1ccc(-c2nc(N3CCC(NC(=O)O)CC3)nc3cc(F)c(-c4ccccc4F)cc23)cc1F. The molecule has 0 spiro atoms. The summed E-state index contributed by atoms with van der Waals surface area (Å²) in [5.74, 6) is -1.73. The number of nitrogens with one attached hydrogen (secondary N) is 1. The third-order valence-electron chi connectivity index (χ3n) is 6.41. The van der Waals surface area contributed by atoms with E-state index in [4.69, 9.17) is 10.4 Å². The quantitative estimate of drug-likeness (QED) is 0.382. The molecule has 7 nitrogen and oxygen atoms in total. The van der Waals surface area contributed by atoms with Crippen LogP contribution in [0.15, 0.2) is 54.6 Å². The predicted molar refractivity (Wildman–Crippen MR) is 131 cm³/mol. The molecule has 1 saturated heterocycles. The summed E-state index contributed by atoms with van der Waals surface area (Å²) in [4.78, 5) is 22.0. The zero-order chi connectivity index (χ0) is 26.1. The normalized spacial score (nSPS) is 13.9. The van der Waals surface area contributed by atoms with E-state index in [1.54, 1.807) is 18.2 Å². The van der Waals surface area contributed by atoms with Gasteiger partial charge in [0.2, 0.25) is 5.95 Å². The van der Waals surface area contributed by atoms with Crippen molar-refractivity contribution in [2.75, 3.05) is 18.0 Å². The summed E-state index contributed by atoms with van der Waals surface area (Å²) in [5, 5.41) is 21.0. The first kappa shape index (κ1) is 24.1. The molecule has 1 fully saturated rings. The van der Waals surface area contributed by atoms with Crippen LogP contribution >= 0.6 is 0 Å². The third kappa shape index (κ3) is 4.76. The lowest BCUT2D eigenvalue weighted by Gasteiger charge is -2.32. The second-order valence-corrected chi connectivity index (χ2v) is 8.72. The Balaban J connectivity index is 1.65. The first-order chi connectivity index (χ1) is 17.8. The molecule has 3 aromatic carbocycles. The zero-order valence-electron chi connectivity index (χ0n) is 19.4. The van der Waals surface area contributed by atoms with E-state index in [-0.39, 0.29) is 34.2 Å². The van der Waals surface area contributed by atoms with Crippen molar-refractivity contribution in [2.24, 2.45) is 0 Å². The Morgan fingerprint density at radius 2 is 1.73 bits per heavy atom. The molecule has 5 rings (SSSR count). The minimum Gasteiger partial charge on any atom is -0.465 e. The number of rotatable bonds is 4. The average Bonchev–Trinajstić information content (AvgIpc) is 2.88. The number of carboxylic acid groups (broad SMARTS) is 1.